The SMILES string of the molecule is COC(=O)c1ccc(C2CC2)c(S(=O)(=O)Nc2cc(C#N)ccc2-c2cccnn2)c1. The number of nitrogens with one attached hydrogen (secondary N) is 1. The number of nitrogens with zero attached hydrogens (tertiary/aromatic N) is 3. The summed E-state index contributed by atoms with van der Waals surface area (Å²) in [5.74, 6) is -0.492. The summed E-state index contributed by atoms with van der Waals surface area (Å²) in [7, 11) is -2.84. The van der Waals surface area contributed by atoms with Gasteiger partial charge in [-0.05, 0) is 66.8 Å². The van der Waals surface area contributed by atoms with E-state index in [1.54, 1.807) is 36.4 Å². The van der Waals surface area contributed by atoms with Crippen LogP contribution >= 0.6 is 0 Å². The molecule has 0 amide bonds. The number of carbonyl (C=O) groups excluding carboxylic acids is 1. The zero-order chi connectivity index (χ0) is 22.0. The molecule has 3 aromatic rings. The molecule has 4 rings (SSSR count). The van der Waals surface area contributed by atoms with E-state index in [0.717, 1.165) is 12.8 Å². The number of nitriles is 1. The Morgan fingerprint density at radius 1 is 1.19 bits per heavy atom. The minimum Gasteiger partial charge on any atom is -0.465 e. The van der Waals surface area contributed by atoms with Gasteiger partial charge in [-0.3, -0.25) is 4.72 Å². The number of anilines is 1. The quantitative estimate of drug-likeness (QED) is 0.589. The van der Waals surface area contributed by atoms with Crippen LogP contribution in [-0.2, 0) is 14.8 Å². The molecule has 1 aromatic heterocycles. The van der Waals surface area contributed by atoms with E-state index in [-0.39, 0.29) is 27.6 Å². The van der Waals surface area contributed by atoms with Crippen molar-refractivity contribution in [1.82, 2.24) is 10.2 Å². The van der Waals surface area contributed by atoms with Gasteiger partial charge in [0.1, 0.15) is 0 Å². The molecule has 0 aliphatic heterocycles. The number of ether oxygens (including phenoxy) is 1. The van der Waals surface area contributed by atoms with E-state index >= 15 is 0 Å². The summed E-state index contributed by atoms with van der Waals surface area (Å²) in [6.07, 6.45) is 3.28. The molecule has 0 saturated heterocycles. The van der Waals surface area contributed by atoms with Crippen LogP contribution in [0, 0.1) is 11.3 Å². The predicted molar refractivity (Wildman–Crippen MR) is 113 cm³/mol. The Balaban J connectivity index is 1.81. The normalized spacial score (nSPS) is 13.3. The van der Waals surface area contributed by atoms with E-state index in [4.69, 9.17) is 4.74 Å². The second kappa shape index (κ2) is 8.16. The lowest BCUT2D eigenvalue weighted by Gasteiger charge is -2.16. The first-order valence-corrected chi connectivity index (χ1v) is 11.0. The Bertz CT molecular complexity index is 1300. The highest BCUT2D eigenvalue weighted by molar-refractivity contribution is 7.92. The van der Waals surface area contributed by atoms with Crippen molar-refractivity contribution < 1.29 is 17.9 Å². The molecule has 9 heteroatoms. The number of rotatable bonds is 6. The number of aromatic nitrogens is 2. The first kappa shape index (κ1) is 20.5. The number of hydrogen-bond acceptors (Lipinski definition) is 7. The van der Waals surface area contributed by atoms with Gasteiger partial charge < -0.3 is 4.74 Å². The topological polar surface area (TPSA) is 122 Å². The van der Waals surface area contributed by atoms with Crippen LogP contribution in [0.5, 0.6) is 0 Å². The standard InChI is InChI=1S/C22H18N4O4S/c1-30-22(27)16-7-9-17(15-5-6-15)21(12-16)31(28,29)26-20-11-14(13-23)4-8-18(20)19-3-2-10-24-25-19/h2-4,7-12,15,26H,5-6H2,1H3. The number of carbonyl (C=O) groups is 1. The van der Waals surface area contributed by atoms with E-state index in [2.05, 4.69) is 14.9 Å². The molecule has 0 atom stereocenters. The van der Waals surface area contributed by atoms with E-state index < -0.39 is 16.0 Å². The van der Waals surface area contributed by atoms with Gasteiger partial charge in [-0.15, -0.1) is 0 Å². The van der Waals surface area contributed by atoms with E-state index in [1.807, 2.05) is 6.07 Å². The van der Waals surface area contributed by atoms with Crippen LogP contribution in [0.3, 0.4) is 0 Å². The maximum atomic E-state index is 13.4. The number of sulfonamides is 1. The van der Waals surface area contributed by atoms with E-state index in [1.165, 1.54) is 25.4 Å². The molecule has 2 aromatic carbocycles. The fraction of sp³-hybridized carbons (Fsp3) is 0.182. The van der Waals surface area contributed by atoms with Crippen LogP contribution in [0.1, 0.15) is 40.2 Å². The Morgan fingerprint density at radius 2 is 2.00 bits per heavy atom. The molecular weight excluding hydrogens is 416 g/mol. The molecule has 1 N–H and O–H groups in total. The van der Waals surface area contributed by atoms with Gasteiger partial charge in [-0.2, -0.15) is 15.5 Å². The molecule has 0 radical (unpaired) electrons. The van der Waals surface area contributed by atoms with Crippen LogP contribution in [0.4, 0.5) is 5.69 Å². The number of hydrogen-bond donors (Lipinski definition) is 1. The molecule has 31 heavy (non-hydrogen) atoms. The lowest BCUT2D eigenvalue weighted by atomic mass is 10.1. The second-order valence-corrected chi connectivity index (χ2v) is 8.76. The number of esters is 1. The number of methoxy groups -OCH3 is 1. The molecule has 0 unspecified atom stereocenters. The third-order valence-corrected chi connectivity index (χ3v) is 6.40. The number of benzene rings is 2. The van der Waals surface area contributed by atoms with E-state index in [9.17, 15) is 18.5 Å². The van der Waals surface area contributed by atoms with Crippen molar-refractivity contribution in [3.63, 3.8) is 0 Å². The third-order valence-electron chi connectivity index (χ3n) is 4.98. The van der Waals surface area contributed by atoms with Gasteiger partial charge in [0, 0.05) is 11.8 Å². The molecule has 8 nitrogen and oxygen atoms in total. The van der Waals surface area contributed by atoms with Gasteiger partial charge in [-0.1, -0.05) is 6.07 Å². The van der Waals surface area contributed by atoms with Crippen molar-refractivity contribution in [2.45, 2.75) is 23.7 Å². The van der Waals surface area contributed by atoms with Crippen LogP contribution in [0.2, 0.25) is 0 Å². The maximum absolute atomic E-state index is 13.4. The summed E-state index contributed by atoms with van der Waals surface area (Å²) in [5, 5.41) is 17.2. The minimum absolute atomic E-state index is 0.0188. The van der Waals surface area contributed by atoms with Crippen molar-refractivity contribution >= 4 is 21.7 Å². The molecule has 156 valence electrons. The highest BCUT2D eigenvalue weighted by atomic mass is 32.2. The monoisotopic (exact) mass is 434 g/mol. The van der Waals surface area contributed by atoms with Gasteiger partial charge in [0.25, 0.3) is 10.0 Å². The molecule has 1 aliphatic rings. The first-order valence-electron chi connectivity index (χ1n) is 9.50. The summed E-state index contributed by atoms with van der Waals surface area (Å²) in [6.45, 7) is 0. The summed E-state index contributed by atoms with van der Waals surface area (Å²) in [5.41, 5.74) is 2.22. The molecule has 1 aliphatic carbocycles. The van der Waals surface area contributed by atoms with Crippen LogP contribution < -0.4 is 4.72 Å². The summed E-state index contributed by atoms with van der Waals surface area (Å²) in [6, 6.07) is 14.6. The summed E-state index contributed by atoms with van der Waals surface area (Å²) in [4.78, 5) is 12.0. The fourth-order valence-electron chi connectivity index (χ4n) is 3.31. The lowest BCUT2D eigenvalue weighted by Crippen LogP contribution is -2.17. The molecule has 1 heterocycles. The fourth-order valence-corrected chi connectivity index (χ4v) is 4.71. The van der Waals surface area contributed by atoms with Gasteiger partial charge in [0.05, 0.1) is 40.6 Å². The van der Waals surface area contributed by atoms with Crippen molar-refractivity contribution in [3.05, 3.63) is 71.4 Å². The lowest BCUT2D eigenvalue weighted by molar-refractivity contribution is 0.0600. The predicted octanol–water partition coefficient (Wildman–Crippen LogP) is 3.48. The molecular formula is C22H18N4O4S. The second-order valence-electron chi connectivity index (χ2n) is 7.11. The third kappa shape index (κ3) is 4.25. The zero-order valence-electron chi connectivity index (χ0n) is 16.6. The largest absolute Gasteiger partial charge is 0.465 e. The van der Waals surface area contributed by atoms with Crippen molar-refractivity contribution in [1.29, 1.82) is 5.26 Å². The Kier molecular flexibility index (Phi) is 5.40. The summed E-state index contributed by atoms with van der Waals surface area (Å²) < 4.78 is 34.2. The average Bonchev–Trinajstić information content (AvgIpc) is 3.64. The van der Waals surface area contributed by atoms with Gasteiger partial charge >= 0.3 is 5.97 Å². The van der Waals surface area contributed by atoms with Crippen molar-refractivity contribution in [2.24, 2.45) is 0 Å². The van der Waals surface area contributed by atoms with Crippen molar-refractivity contribution in [2.75, 3.05) is 11.8 Å². The van der Waals surface area contributed by atoms with E-state index in [0.29, 0.717) is 16.8 Å². The van der Waals surface area contributed by atoms with Gasteiger partial charge in [0.2, 0.25) is 0 Å². The van der Waals surface area contributed by atoms with Crippen LogP contribution in [0.25, 0.3) is 11.3 Å². The molecule has 0 spiro atoms. The Hall–Kier alpha value is -3.77. The Labute approximate surface area is 179 Å². The minimum atomic E-state index is -4.08. The van der Waals surface area contributed by atoms with Crippen LogP contribution in [-0.4, -0.2) is 31.7 Å². The highest BCUT2D eigenvalue weighted by Crippen LogP contribution is 2.43. The highest BCUT2D eigenvalue weighted by Gasteiger charge is 2.31. The Morgan fingerprint density at radius 3 is 2.65 bits per heavy atom. The van der Waals surface area contributed by atoms with Gasteiger partial charge in [0.15, 0.2) is 0 Å². The smallest absolute Gasteiger partial charge is 0.337 e. The zero-order valence-corrected chi connectivity index (χ0v) is 17.4. The average molecular weight is 434 g/mol. The van der Waals surface area contributed by atoms with Crippen molar-refractivity contribution in [3.8, 4) is 17.3 Å². The summed E-state index contributed by atoms with van der Waals surface area (Å²) >= 11 is 0. The molecule has 1 fully saturated rings. The van der Waals surface area contributed by atoms with Gasteiger partial charge in [-0.25, -0.2) is 13.2 Å². The maximum Gasteiger partial charge on any atom is 0.337 e. The first-order chi connectivity index (χ1) is 14.9. The van der Waals surface area contributed by atoms with Crippen LogP contribution in [0.15, 0.2) is 59.6 Å². The molecule has 0 bridgehead atoms. The molecule has 1 saturated carbocycles.